The third-order valence-electron chi connectivity index (χ3n) is 3.84. The van der Waals surface area contributed by atoms with Gasteiger partial charge in [-0.2, -0.15) is 4.31 Å². The summed E-state index contributed by atoms with van der Waals surface area (Å²) in [6.07, 6.45) is 1.62. The minimum Gasteiger partial charge on any atom is -0.347 e. The molecule has 26 heavy (non-hydrogen) atoms. The summed E-state index contributed by atoms with van der Waals surface area (Å²) in [6, 6.07) is 10.6. The van der Waals surface area contributed by atoms with E-state index in [2.05, 4.69) is 10.3 Å². The minimum absolute atomic E-state index is 0.0237. The van der Waals surface area contributed by atoms with E-state index >= 15 is 0 Å². The van der Waals surface area contributed by atoms with Crippen LogP contribution in [0.25, 0.3) is 0 Å². The number of benzene rings is 1. The Bertz CT molecular complexity index is 880. The molecule has 0 aliphatic carbocycles. The normalized spacial score (nSPS) is 12.6. The highest BCUT2D eigenvalue weighted by atomic mass is 32.2. The second kappa shape index (κ2) is 8.20. The summed E-state index contributed by atoms with van der Waals surface area (Å²) in [5, 5.41) is 2.72. The smallest absolute Gasteiger partial charge is 0.243 e. The SMILES string of the molecule is CC(=O)c1ccc(S(=O)(=O)N(C)CC(=O)NC(C)c2ccccn2)cc1. The van der Waals surface area contributed by atoms with Crippen molar-refractivity contribution in [3.05, 3.63) is 59.9 Å². The number of carbonyl (C=O) groups excluding carboxylic acids is 2. The standard InChI is InChI=1S/C18H21N3O4S/c1-13(17-6-4-5-11-19-17)20-18(23)12-21(3)26(24,25)16-9-7-15(8-10-16)14(2)22/h4-11,13H,12H2,1-3H3,(H,20,23). The summed E-state index contributed by atoms with van der Waals surface area (Å²) in [4.78, 5) is 27.6. The predicted octanol–water partition coefficient (Wildman–Crippen LogP) is 1.78. The molecule has 1 atom stereocenters. The first-order valence-corrected chi connectivity index (χ1v) is 9.43. The van der Waals surface area contributed by atoms with Gasteiger partial charge in [0.05, 0.1) is 23.2 Å². The molecular weight excluding hydrogens is 354 g/mol. The monoisotopic (exact) mass is 375 g/mol. The van der Waals surface area contributed by atoms with Gasteiger partial charge < -0.3 is 5.32 Å². The van der Waals surface area contributed by atoms with Gasteiger partial charge in [0.15, 0.2) is 5.78 Å². The molecule has 1 N–H and O–H groups in total. The van der Waals surface area contributed by atoms with E-state index in [4.69, 9.17) is 0 Å². The van der Waals surface area contributed by atoms with Crippen molar-refractivity contribution in [1.82, 2.24) is 14.6 Å². The first-order chi connectivity index (χ1) is 12.2. The van der Waals surface area contributed by atoms with Gasteiger partial charge in [0, 0.05) is 18.8 Å². The van der Waals surface area contributed by atoms with Crippen LogP contribution >= 0.6 is 0 Å². The maximum absolute atomic E-state index is 12.6. The van der Waals surface area contributed by atoms with Crippen molar-refractivity contribution in [1.29, 1.82) is 0 Å². The van der Waals surface area contributed by atoms with Crippen molar-refractivity contribution in [3.63, 3.8) is 0 Å². The Morgan fingerprint density at radius 3 is 2.35 bits per heavy atom. The predicted molar refractivity (Wildman–Crippen MR) is 97.1 cm³/mol. The Balaban J connectivity index is 2.04. The molecule has 0 bridgehead atoms. The molecule has 0 spiro atoms. The van der Waals surface area contributed by atoms with E-state index in [1.165, 1.54) is 38.2 Å². The number of aromatic nitrogens is 1. The number of hydrogen-bond donors (Lipinski definition) is 1. The van der Waals surface area contributed by atoms with Gasteiger partial charge in [-0.1, -0.05) is 18.2 Å². The Kier molecular flexibility index (Phi) is 6.23. The van der Waals surface area contributed by atoms with E-state index in [1.807, 2.05) is 6.07 Å². The highest BCUT2D eigenvalue weighted by Gasteiger charge is 2.23. The Labute approximate surface area is 153 Å². The summed E-state index contributed by atoms with van der Waals surface area (Å²) in [7, 11) is -2.50. The molecule has 138 valence electrons. The maximum atomic E-state index is 12.6. The Morgan fingerprint density at radius 2 is 1.81 bits per heavy atom. The first kappa shape index (κ1) is 19.7. The number of pyridine rings is 1. The third kappa shape index (κ3) is 4.74. The van der Waals surface area contributed by atoms with Gasteiger partial charge in [0.1, 0.15) is 0 Å². The molecule has 2 aromatic rings. The summed E-state index contributed by atoms with van der Waals surface area (Å²) in [5.41, 5.74) is 1.11. The van der Waals surface area contributed by atoms with Crippen LogP contribution in [0, 0.1) is 0 Å². The highest BCUT2D eigenvalue weighted by Crippen LogP contribution is 2.16. The second-order valence-electron chi connectivity index (χ2n) is 5.89. The molecule has 0 aliphatic rings. The van der Waals surface area contributed by atoms with Gasteiger partial charge in [-0.05, 0) is 38.1 Å². The van der Waals surface area contributed by atoms with E-state index in [9.17, 15) is 18.0 Å². The largest absolute Gasteiger partial charge is 0.347 e. The van der Waals surface area contributed by atoms with Crippen LogP contribution < -0.4 is 5.32 Å². The molecule has 1 amide bonds. The number of ketones is 1. The van der Waals surface area contributed by atoms with Gasteiger partial charge >= 0.3 is 0 Å². The number of amides is 1. The van der Waals surface area contributed by atoms with Crippen LogP contribution in [0.2, 0.25) is 0 Å². The molecule has 0 saturated heterocycles. The first-order valence-electron chi connectivity index (χ1n) is 7.99. The average Bonchev–Trinajstić information content (AvgIpc) is 2.62. The van der Waals surface area contributed by atoms with Crippen LogP contribution in [-0.4, -0.2) is 43.0 Å². The summed E-state index contributed by atoms with van der Waals surface area (Å²) < 4.78 is 26.1. The quantitative estimate of drug-likeness (QED) is 0.744. The second-order valence-corrected chi connectivity index (χ2v) is 7.93. The van der Waals surface area contributed by atoms with Gasteiger partial charge in [-0.25, -0.2) is 8.42 Å². The fraction of sp³-hybridized carbons (Fsp3) is 0.278. The van der Waals surface area contributed by atoms with Crippen molar-refractivity contribution in [2.24, 2.45) is 0 Å². The zero-order valence-electron chi connectivity index (χ0n) is 14.8. The van der Waals surface area contributed by atoms with Crippen molar-refractivity contribution in [3.8, 4) is 0 Å². The molecule has 1 heterocycles. The van der Waals surface area contributed by atoms with Crippen LogP contribution in [-0.2, 0) is 14.8 Å². The van der Waals surface area contributed by atoms with Crippen LogP contribution in [0.1, 0.15) is 35.9 Å². The Morgan fingerprint density at radius 1 is 1.15 bits per heavy atom. The number of rotatable bonds is 7. The molecule has 0 fully saturated rings. The van der Waals surface area contributed by atoms with Crippen molar-refractivity contribution < 1.29 is 18.0 Å². The lowest BCUT2D eigenvalue weighted by molar-refractivity contribution is -0.121. The lowest BCUT2D eigenvalue weighted by atomic mass is 10.2. The van der Waals surface area contributed by atoms with Gasteiger partial charge in [0.25, 0.3) is 0 Å². The number of sulfonamides is 1. The molecule has 8 heteroatoms. The molecule has 1 unspecified atom stereocenters. The third-order valence-corrected chi connectivity index (χ3v) is 5.66. The number of Topliss-reactive ketones (excluding diaryl/α,β-unsaturated/α-hetero) is 1. The number of carbonyl (C=O) groups is 2. The average molecular weight is 375 g/mol. The molecule has 2 rings (SSSR count). The number of hydrogen-bond acceptors (Lipinski definition) is 5. The van der Waals surface area contributed by atoms with E-state index in [1.54, 1.807) is 25.3 Å². The Hall–Kier alpha value is -2.58. The molecule has 0 saturated carbocycles. The fourth-order valence-corrected chi connectivity index (χ4v) is 3.45. The van der Waals surface area contributed by atoms with Crippen LogP contribution in [0.15, 0.2) is 53.6 Å². The number of nitrogens with one attached hydrogen (secondary N) is 1. The summed E-state index contributed by atoms with van der Waals surface area (Å²) in [5.74, 6) is -0.584. The minimum atomic E-state index is -3.83. The van der Waals surface area contributed by atoms with Crippen LogP contribution in [0.5, 0.6) is 0 Å². The molecule has 0 radical (unpaired) electrons. The fourth-order valence-electron chi connectivity index (χ4n) is 2.32. The number of nitrogens with zero attached hydrogens (tertiary/aromatic N) is 2. The van der Waals surface area contributed by atoms with E-state index in [0.29, 0.717) is 11.3 Å². The lowest BCUT2D eigenvalue weighted by Crippen LogP contribution is -2.39. The lowest BCUT2D eigenvalue weighted by Gasteiger charge is -2.19. The van der Waals surface area contributed by atoms with Crippen molar-refractivity contribution in [2.75, 3.05) is 13.6 Å². The number of likely N-dealkylation sites (N-methyl/N-ethyl adjacent to an activating group) is 1. The molecular formula is C18H21N3O4S. The summed E-state index contributed by atoms with van der Waals surface area (Å²) in [6.45, 7) is 2.85. The van der Waals surface area contributed by atoms with Crippen LogP contribution in [0.4, 0.5) is 0 Å². The zero-order valence-corrected chi connectivity index (χ0v) is 15.7. The molecule has 1 aromatic heterocycles. The van der Waals surface area contributed by atoms with E-state index < -0.39 is 15.9 Å². The van der Waals surface area contributed by atoms with Crippen molar-refractivity contribution in [2.45, 2.75) is 24.8 Å². The van der Waals surface area contributed by atoms with Gasteiger partial charge in [0.2, 0.25) is 15.9 Å². The van der Waals surface area contributed by atoms with Crippen LogP contribution in [0.3, 0.4) is 0 Å². The van der Waals surface area contributed by atoms with Crippen molar-refractivity contribution >= 4 is 21.7 Å². The van der Waals surface area contributed by atoms with E-state index in [-0.39, 0.29) is 23.3 Å². The highest BCUT2D eigenvalue weighted by molar-refractivity contribution is 7.89. The topological polar surface area (TPSA) is 96.4 Å². The van der Waals surface area contributed by atoms with E-state index in [0.717, 1.165) is 4.31 Å². The maximum Gasteiger partial charge on any atom is 0.243 e. The van der Waals surface area contributed by atoms with Gasteiger partial charge in [-0.3, -0.25) is 14.6 Å². The molecule has 0 aliphatic heterocycles. The van der Waals surface area contributed by atoms with Gasteiger partial charge in [-0.15, -0.1) is 0 Å². The molecule has 7 nitrogen and oxygen atoms in total. The summed E-state index contributed by atoms with van der Waals surface area (Å²) >= 11 is 0. The zero-order chi connectivity index (χ0) is 19.3. The molecule has 1 aromatic carbocycles.